The van der Waals surface area contributed by atoms with Gasteiger partial charge in [-0.15, -0.1) is 0 Å². The van der Waals surface area contributed by atoms with E-state index in [2.05, 4.69) is 43.2 Å². The zero-order valence-electron chi connectivity index (χ0n) is 40.7. The van der Waals surface area contributed by atoms with Gasteiger partial charge in [-0.05, 0) is 83.8 Å². The summed E-state index contributed by atoms with van der Waals surface area (Å²) in [5.41, 5.74) is 0. The summed E-state index contributed by atoms with van der Waals surface area (Å²) in [6.07, 6.45) is 43.2. The third-order valence-electron chi connectivity index (χ3n) is 11.7. The summed E-state index contributed by atoms with van der Waals surface area (Å²) in [6.45, 7) is 12.3. The Morgan fingerprint density at radius 1 is 0.517 bits per heavy atom. The molecule has 0 rings (SSSR count). The van der Waals surface area contributed by atoms with Crippen molar-refractivity contribution >= 4 is 24.1 Å². The van der Waals surface area contributed by atoms with Crippen LogP contribution < -0.4 is 10.6 Å². The highest BCUT2D eigenvalue weighted by Gasteiger charge is 2.13. The number of carbonyl (C=O) groups excluding carboxylic acids is 4. The highest BCUT2D eigenvalue weighted by molar-refractivity contribution is 6.34. The van der Waals surface area contributed by atoms with E-state index in [-0.39, 0.29) is 12.1 Å². The third kappa shape index (κ3) is 44.1. The van der Waals surface area contributed by atoms with Gasteiger partial charge in [0.05, 0.1) is 6.10 Å². The van der Waals surface area contributed by atoms with Crippen molar-refractivity contribution in [3.8, 4) is 0 Å². The summed E-state index contributed by atoms with van der Waals surface area (Å²) in [5.74, 6) is -1.23. The second-order valence-electron chi connectivity index (χ2n) is 17.3. The van der Waals surface area contributed by atoms with Crippen LogP contribution in [-0.2, 0) is 28.7 Å². The molecular formula is C51H101N3O6. The first-order chi connectivity index (χ1) is 29.3. The fourth-order valence-corrected chi connectivity index (χ4v) is 7.69. The number of unbranched alkanes of at least 4 members (excludes halogenated alkanes) is 24. The van der Waals surface area contributed by atoms with Crippen LogP contribution >= 0.6 is 0 Å². The number of nitrogens with zero attached hydrogens (tertiary/aromatic N) is 1. The molecule has 2 N–H and O–H groups in total. The number of nitrogens with one attached hydrogen (secondary N) is 2. The highest BCUT2D eigenvalue weighted by Crippen LogP contribution is 2.17. The van der Waals surface area contributed by atoms with Crippen molar-refractivity contribution in [2.24, 2.45) is 0 Å². The van der Waals surface area contributed by atoms with Gasteiger partial charge in [-0.25, -0.2) is 0 Å². The number of methoxy groups -OCH3 is 1. The van der Waals surface area contributed by atoms with Gasteiger partial charge >= 0.3 is 17.8 Å². The van der Waals surface area contributed by atoms with Gasteiger partial charge in [-0.1, -0.05) is 175 Å². The Bertz CT molecular complexity index is 919. The maximum absolute atomic E-state index is 12.3. The zero-order valence-corrected chi connectivity index (χ0v) is 40.7. The van der Waals surface area contributed by atoms with Crippen LogP contribution in [0.4, 0.5) is 0 Å². The van der Waals surface area contributed by atoms with Gasteiger partial charge in [-0.2, -0.15) is 0 Å². The maximum Gasteiger partial charge on any atom is 0.309 e. The molecular weight excluding hydrogens is 751 g/mol. The molecule has 2 amide bonds. The topological polar surface area (TPSA) is 114 Å². The molecule has 9 nitrogen and oxygen atoms in total. The Kier molecular flexibility index (Phi) is 49.7. The van der Waals surface area contributed by atoms with E-state index in [0.717, 1.165) is 116 Å². The Morgan fingerprint density at radius 3 is 1.38 bits per heavy atom. The molecule has 0 aliphatic heterocycles. The number of esters is 1. The molecule has 0 aliphatic rings. The van der Waals surface area contributed by atoms with E-state index in [0.29, 0.717) is 25.5 Å². The molecule has 356 valence electrons. The predicted molar refractivity (Wildman–Crippen MR) is 255 cm³/mol. The summed E-state index contributed by atoms with van der Waals surface area (Å²) >= 11 is 0. The lowest BCUT2D eigenvalue weighted by atomic mass is 10.0. The summed E-state index contributed by atoms with van der Waals surface area (Å²) in [4.78, 5) is 48.2. The second-order valence-corrected chi connectivity index (χ2v) is 17.3. The van der Waals surface area contributed by atoms with Gasteiger partial charge in [-0.3, -0.25) is 14.4 Å². The van der Waals surface area contributed by atoms with Gasteiger partial charge in [0.25, 0.3) is 0 Å². The normalized spacial score (nSPS) is 11.7. The maximum atomic E-state index is 12.3. The fraction of sp³-hybridized carbons (Fsp3) is 0.922. The van der Waals surface area contributed by atoms with Gasteiger partial charge in [0.15, 0.2) is 0 Å². The molecule has 9 heteroatoms. The molecule has 0 bridgehead atoms. The van der Waals surface area contributed by atoms with E-state index in [4.69, 9.17) is 9.47 Å². The van der Waals surface area contributed by atoms with E-state index in [1.165, 1.54) is 129 Å². The van der Waals surface area contributed by atoms with Crippen molar-refractivity contribution in [3.63, 3.8) is 0 Å². The number of hydrogen-bond acceptors (Lipinski definition) is 7. The van der Waals surface area contributed by atoms with E-state index < -0.39 is 11.8 Å². The van der Waals surface area contributed by atoms with Crippen molar-refractivity contribution in [2.75, 3.05) is 40.3 Å². The van der Waals surface area contributed by atoms with E-state index in [1.807, 2.05) is 7.11 Å². The van der Waals surface area contributed by atoms with E-state index in [1.54, 1.807) is 0 Å². The quantitative estimate of drug-likeness (QED) is 0.0271. The summed E-state index contributed by atoms with van der Waals surface area (Å²) in [6, 6.07) is 0. The van der Waals surface area contributed by atoms with Crippen LogP contribution in [0.2, 0.25) is 0 Å². The lowest BCUT2D eigenvalue weighted by Crippen LogP contribution is -2.39. The number of rotatable bonds is 44. The molecule has 0 aromatic rings. The molecule has 0 fully saturated rings. The van der Waals surface area contributed by atoms with E-state index >= 15 is 0 Å². The van der Waals surface area contributed by atoms with Crippen LogP contribution in [0.5, 0.6) is 0 Å². The lowest BCUT2D eigenvalue weighted by molar-refractivity contribution is -0.149. The second kappa shape index (κ2) is 49.7. The first-order valence-electron chi connectivity index (χ1n) is 25.7. The molecule has 1 atom stereocenters. The van der Waals surface area contributed by atoms with Crippen molar-refractivity contribution in [1.82, 2.24) is 15.5 Å². The van der Waals surface area contributed by atoms with Gasteiger partial charge in [0.2, 0.25) is 0 Å². The number of likely N-dealkylation sites (N-methyl/N-ethyl adjacent to an activating group) is 1. The number of carbonyl (C=O) groups is 4. The van der Waals surface area contributed by atoms with Crippen molar-refractivity contribution in [2.45, 2.75) is 265 Å². The van der Waals surface area contributed by atoms with Crippen molar-refractivity contribution in [3.05, 3.63) is 0 Å². The molecule has 0 saturated carbocycles. The predicted octanol–water partition coefficient (Wildman–Crippen LogP) is 13.0. The first-order valence-corrected chi connectivity index (χ1v) is 25.7. The first kappa shape index (κ1) is 60.1. The minimum atomic E-state index is -0.608. The summed E-state index contributed by atoms with van der Waals surface area (Å²) in [7, 11) is 3.34. The number of hydrogen-bond donors (Lipinski definition) is 2. The molecule has 0 spiro atoms. The standard InChI is InChI=1S/C33H63N3O5.C18H38O/c1-4-6-7-8-12-17-23-30(5-2)41-31(38)24-18-13-11-15-20-27-36(26-19-14-9-10-16-21-29-37)28-22-25-35-33(40)32(39)34-3;1-4-6-8-10-12-14-16-18(19-3)17-15-13-11-9-7-5-2/h29-30H,4-28H2,1-3H3,(H,34,39)(H,35,40);18H,4-17H2,1-3H3. The van der Waals surface area contributed by atoms with Gasteiger partial charge < -0.3 is 29.8 Å². The van der Waals surface area contributed by atoms with Crippen LogP contribution in [0.1, 0.15) is 252 Å². The third-order valence-corrected chi connectivity index (χ3v) is 11.7. The van der Waals surface area contributed by atoms with Crippen molar-refractivity contribution < 1.29 is 28.7 Å². The SMILES string of the molecule is CCCCCCCCC(CC)OC(=O)CCCCCCCN(CCCCCCCC=O)CCCNC(=O)C(=O)NC.CCCCCCCCC(CCCCCCCC)OC. The van der Waals surface area contributed by atoms with Crippen LogP contribution in [0, 0.1) is 0 Å². The largest absolute Gasteiger partial charge is 0.462 e. The molecule has 0 saturated heterocycles. The molecule has 0 radical (unpaired) electrons. The average Bonchev–Trinajstić information content (AvgIpc) is 3.26. The van der Waals surface area contributed by atoms with Crippen LogP contribution in [0.15, 0.2) is 0 Å². The molecule has 0 aromatic carbocycles. The Labute approximate surface area is 372 Å². The van der Waals surface area contributed by atoms with Gasteiger partial charge in [0.1, 0.15) is 12.4 Å². The zero-order chi connectivity index (χ0) is 44.6. The fourth-order valence-electron chi connectivity index (χ4n) is 7.69. The van der Waals surface area contributed by atoms with Crippen LogP contribution in [-0.4, -0.2) is 81.5 Å². The monoisotopic (exact) mass is 852 g/mol. The Balaban J connectivity index is 0. The molecule has 0 aromatic heterocycles. The van der Waals surface area contributed by atoms with Crippen LogP contribution in [0.25, 0.3) is 0 Å². The Morgan fingerprint density at radius 2 is 0.933 bits per heavy atom. The summed E-state index contributed by atoms with van der Waals surface area (Å²) < 4.78 is 11.3. The number of amides is 2. The molecule has 0 heterocycles. The molecule has 60 heavy (non-hydrogen) atoms. The number of aldehydes is 1. The lowest BCUT2D eigenvalue weighted by Gasteiger charge is -2.22. The molecule has 0 aliphatic carbocycles. The highest BCUT2D eigenvalue weighted by atomic mass is 16.5. The van der Waals surface area contributed by atoms with E-state index in [9.17, 15) is 19.2 Å². The van der Waals surface area contributed by atoms with Crippen molar-refractivity contribution in [1.29, 1.82) is 0 Å². The minimum absolute atomic E-state index is 0.0383. The van der Waals surface area contributed by atoms with Crippen LogP contribution in [0.3, 0.4) is 0 Å². The average molecular weight is 852 g/mol. The smallest absolute Gasteiger partial charge is 0.309 e. The van der Waals surface area contributed by atoms with Gasteiger partial charge in [0, 0.05) is 33.5 Å². The molecule has 1 unspecified atom stereocenters. The minimum Gasteiger partial charge on any atom is -0.462 e. The number of ether oxygens (including phenoxy) is 2. The summed E-state index contributed by atoms with van der Waals surface area (Å²) in [5, 5.41) is 5.02. The Hall–Kier alpha value is -2.00.